The van der Waals surface area contributed by atoms with Crippen LogP contribution >= 0.6 is 11.6 Å². The van der Waals surface area contributed by atoms with Crippen LogP contribution in [0.15, 0.2) is 0 Å². The van der Waals surface area contributed by atoms with Crippen molar-refractivity contribution in [3.8, 4) is 0 Å². The number of aryl methyl sites for hydroxylation is 2. The van der Waals surface area contributed by atoms with Gasteiger partial charge in [-0.25, -0.2) is 0 Å². The van der Waals surface area contributed by atoms with E-state index in [1.807, 2.05) is 14.0 Å². The first-order chi connectivity index (χ1) is 8.37. The number of rotatable bonds is 7. The quantitative estimate of drug-likeness (QED) is 0.771. The number of nitrogens with one attached hydrogen (secondary N) is 1. The maximum absolute atomic E-state index is 6.29. The zero-order valence-electron chi connectivity index (χ0n) is 12.3. The van der Waals surface area contributed by atoms with Crippen molar-refractivity contribution < 1.29 is 0 Å². The molecule has 0 saturated heterocycles. The van der Waals surface area contributed by atoms with Crippen LogP contribution in [0.5, 0.6) is 0 Å². The van der Waals surface area contributed by atoms with Crippen molar-refractivity contribution >= 4 is 11.6 Å². The monoisotopic (exact) mass is 271 g/mol. The van der Waals surface area contributed by atoms with Crippen LogP contribution in [-0.2, 0) is 13.5 Å². The van der Waals surface area contributed by atoms with Crippen LogP contribution in [0.1, 0.15) is 44.9 Å². The standard InChI is InChI=1S/C14H26ClN3/c1-6-8-16-9-7-14(3,4)10-12-11(2)17-18(5)13(12)15/h16H,6-10H2,1-5H3. The summed E-state index contributed by atoms with van der Waals surface area (Å²) in [4.78, 5) is 0. The lowest BCUT2D eigenvalue weighted by atomic mass is 9.83. The molecule has 1 heterocycles. The molecule has 0 amide bonds. The Balaban J connectivity index is 2.58. The van der Waals surface area contributed by atoms with Crippen LogP contribution in [0.25, 0.3) is 0 Å². The van der Waals surface area contributed by atoms with E-state index < -0.39 is 0 Å². The topological polar surface area (TPSA) is 29.9 Å². The van der Waals surface area contributed by atoms with Gasteiger partial charge >= 0.3 is 0 Å². The van der Waals surface area contributed by atoms with Gasteiger partial charge in [-0.2, -0.15) is 5.10 Å². The molecule has 1 aromatic heterocycles. The molecule has 0 fully saturated rings. The molecule has 1 rings (SSSR count). The van der Waals surface area contributed by atoms with E-state index in [2.05, 4.69) is 31.2 Å². The van der Waals surface area contributed by atoms with Gasteiger partial charge in [-0.05, 0) is 44.7 Å². The Morgan fingerprint density at radius 3 is 2.50 bits per heavy atom. The predicted octanol–water partition coefficient (Wildman–Crippen LogP) is 3.34. The third kappa shape index (κ3) is 4.29. The smallest absolute Gasteiger partial charge is 0.130 e. The summed E-state index contributed by atoms with van der Waals surface area (Å²) in [5.41, 5.74) is 2.50. The van der Waals surface area contributed by atoms with Crippen LogP contribution in [0.2, 0.25) is 5.15 Å². The fraction of sp³-hybridized carbons (Fsp3) is 0.786. The van der Waals surface area contributed by atoms with Crippen LogP contribution in [0.3, 0.4) is 0 Å². The van der Waals surface area contributed by atoms with Gasteiger partial charge in [0.25, 0.3) is 0 Å². The highest BCUT2D eigenvalue weighted by molar-refractivity contribution is 6.30. The molecule has 0 bridgehead atoms. The molecule has 4 heteroatoms. The second-order valence-electron chi connectivity index (χ2n) is 5.82. The third-order valence-corrected chi connectivity index (χ3v) is 3.80. The van der Waals surface area contributed by atoms with E-state index in [1.165, 1.54) is 12.0 Å². The average molecular weight is 272 g/mol. The Labute approximate surface area is 116 Å². The minimum Gasteiger partial charge on any atom is -0.317 e. The fourth-order valence-electron chi connectivity index (χ4n) is 2.17. The predicted molar refractivity (Wildman–Crippen MR) is 78.2 cm³/mol. The number of aromatic nitrogens is 2. The van der Waals surface area contributed by atoms with Gasteiger partial charge in [0.15, 0.2) is 0 Å². The largest absolute Gasteiger partial charge is 0.317 e. The van der Waals surface area contributed by atoms with Gasteiger partial charge in [0.05, 0.1) is 5.69 Å². The second-order valence-corrected chi connectivity index (χ2v) is 6.18. The van der Waals surface area contributed by atoms with Gasteiger partial charge in [-0.1, -0.05) is 32.4 Å². The first-order valence-electron chi connectivity index (χ1n) is 6.76. The summed E-state index contributed by atoms with van der Waals surface area (Å²) in [6.07, 6.45) is 3.32. The third-order valence-electron chi connectivity index (χ3n) is 3.33. The first-order valence-corrected chi connectivity index (χ1v) is 7.14. The summed E-state index contributed by atoms with van der Waals surface area (Å²) in [5.74, 6) is 0. The summed E-state index contributed by atoms with van der Waals surface area (Å²) in [6, 6.07) is 0. The lowest BCUT2D eigenvalue weighted by Gasteiger charge is -2.24. The Morgan fingerprint density at radius 1 is 1.33 bits per heavy atom. The van der Waals surface area contributed by atoms with Crippen molar-refractivity contribution in [2.45, 2.75) is 47.0 Å². The molecule has 0 aliphatic carbocycles. The fourth-order valence-corrected chi connectivity index (χ4v) is 2.41. The van der Waals surface area contributed by atoms with Gasteiger partial charge < -0.3 is 5.32 Å². The van der Waals surface area contributed by atoms with Gasteiger partial charge in [0, 0.05) is 12.6 Å². The van der Waals surface area contributed by atoms with E-state index in [0.29, 0.717) is 0 Å². The molecule has 0 aliphatic heterocycles. The van der Waals surface area contributed by atoms with Gasteiger partial charge in [0.2, 0.25) is 0 Å². The lowest BCUT2D eigenvalue weighted by molar-refractivity contribution is 0.325. The minimum atomic E-state index is 0.248. The Morgan fingerprint density at radius 2 is 2.00 bits per heavy atom. The van der Waals surface area contributed by atoms with E-state index in [1.54, 1.807) is 4.68 Å². The molecule has 1 N–H and O–H groups in total. The molecule has 0 saturated carbocycles. The van der Waals surface area contributed by atoms with Gasteiger partial charge in [-0.3, -0.25) is 4.68 Å². The maximum atomic E-state index is 6.29. The van der Waals surface area contributed by atoms with E-state index in [4.69, 9.17) is 11.6 Å². The Bertz CT molecular complexity index is 383. The molecule has 0 unspecified atom stereocenters. The maximum Gasteiger partial charge on any atom is 0.130 e. The summed E-state index contributed by atoms with van der Waals surface area (Å²) in [6.45, 7) is 11.0. The molecule has 3 nitrogen and oxygen atoms in total. The summed E-state index contributed by atoms with van der Waals surface area (Å²) < 4.78 is 1.76. The second kappa shape index (κ2) is 6.58. The van der Waals surface area contributed by atoms with E-state index in [0.717, 1.165) is 36.8 Å². The highest BCUT2D eigenvalue weighted by atomic mass is 35.5. The molecule has 0 radical (unpaired) electrons. The van der Waals surface area contributed by atoms with Crippen molar-refractivity contribution in [3.63, 3.8) is 0 Å². The SMILES string of the molecule is CCCNCCC(C)(C)Cc1c(C)nn(C)c1Cl. The zero-order chi connectivity index (χ0) is 13.8. The van der Waals surface area contributed by atoms with Crippen molar-refractivity contribution in [2.75, 3.05) is 13.1 Å². The zero-order valence-corrected chi connectivity index (χ0v) is 13.1. The molecular formula is C14H26ClN3. The van der Waals surface area contributed by atoms with Crippen molar-refractivity contribution in [1.29, 1.82) is 0 Å². The number of hydrogen-bond acceptors (Lipinski definition) is 2. The minimum absolute atomic E-state index is 0.248. The molecule has 0 atom stereocenters. The molecule has 0 spiro atoms. The summed E-state index contributed by atoms with van der Waals surface area (Å²) in [5, 5.41) is 8.61. The van der Waals surface area contributed by atoms with Crippen LogP contribution in [-0.4, -0.2) is 22.9 Å². The van der Waals surface area contributed by atoms with E-state index in [9.17, 15) is 0 Å². The molecular weight excluding hydrogens is 246 g/mol. The lowest BCUT2D eigenvalue weighted by Crippen LogP contribution is -2.24. The normalized spacial score (nSPS) is 12.1. The number of halogens is 1. The van der Waals surface area contributed by atoms with E-state index in [-0.39, 0.29) is 5.41 Å². The highest BCUT2D eigenvalue weighted by Crippen LogP contribution is 2.30. The molecule has 104 valence electrons. The average Bonchev–Trinajstić information content (AvgIpc) is 2.51. The van der Waals surface area contributed by atoms with Crippen molar-refractivity contribution in [2.24, 2.45) is 12.5 Å². The Hall–Kier alpha value is -0.540. The Kier molecular flexibility index (Phi) is 5.67. The van der Waals surface area contributed by atoms with Gasteiger partial charge in [0.1, 0.15) is 5.15 Å². The molecule has 0 aliphatic rings. The highest BCUT2D eigenvalue weighted by Gasteiger charge is 2.22. The summed E-state index contributed by atoms with van der Waals surface area (Å²) >= 11 is 6.29. The molecule has 18 heavy (non-hydrogen) atoms. The molecule has 1 aromatic rings. The van der Waals surface area contributed by atoms with Gasteiger partial charge in [-0.15, -0.1) is 0 Å². The summed E-state index contributed by atoms with van der Waals surface area (Å²) in [7, 11) is 1.90. The number of nitrogens with zero attached hydrogens (tertiary/aromatic N) is 2. The first kappa shape index (κ1) is 15.5. The van der Waals surface area contributed by atoms with Crippen LogP contribution in [0.4, 0.5) is 0 Å². The number of hydrogen-bond donors (Lipinski definition) is 1. The van der Waals surface area contributed by atoms with E-state index >= 15 is 0 Å². The van der Waals surface area contributed by atoms with Crippen LogP contribution < -0.4 is 5.32 Å². The van der Waals surface area contributed by atoms with Crippen molar-refractivity contribution in [3.05, 3.63) is 16.4 Å². The molecule has 0 aromatic carbocycles. The van der Waals surface area contributed by atoms with Crippen LogP contribution in [0, 0.1) is 12.3 Å². The van der Waals surface area contributed by atoms with Crippen molar-refractivity contribution in [1.82, 2.24) is 15.1 Å².